The Morgan fingerprint density at radius 2 is 1.88 bits per heavy atom. The molecule has 3 aliphatic rings. The number of aliphatic hydroxyl groups is 1. The van der Waals surface area contributed by atoms with E-state index >= 15 is 0 Å². The molecule has 3 atom stereocenters. The lowest BCUT2D eigenvalue weighted by atomic mass is 9.71. The summed E-state index contributed by atoms with van der Waals surface area (Å²) in [6.45, 7) is 3.99. The summed E-state index contributed by atoms with van der Waals surface area (Å²) in [5.41, 5.74) is 1.06. The molecule has 2 bridgehead atoms. The average molecular weight is 232 g/mol. The Labute approximate surface area is 101 Å². The van der Waals surface area contributed by atoms with E-state index in [0.717, 1.165) is 11.1 Å². The quantitative estimate of drug-likeness (QED) is 0.628. The molecule has 4 rings (SSSR count). The molecule has 0 aromatic heterocycles. The van der Waals surface area contributed by atoms with Gasteiger partial charge in [0.1, 0.15) is 5.60 Å². The lowest BCUT2D eigenvalue weighted by Gasteiger charge is -2.49. The van der Waals surface area contributed by atoms with Crippen molar-refractivity contribution < 1.29 is 14.9 Å². The SMILES string of the molecule is C[C@@H](CO)[C@@]12C=C[C@@](C)(OO1)c1ccccc12. The van der Waals surface area contributed by atoms with Crippen molar-refractivity contribution in [2.24, 2.45) is 5.92 Å². The molecule has 1 aromatic carbocycles. The number of aliphatic hydroxyl groups excluding tert-OH is 1. The van der Waals surface area contributed by atoms with Gasteiger partial charge in [-0.15, -0.1) is 0 Å². The Morgan fingerprint density at radius 1 is 1.18 bits per heavy atom. The van der Waals surface area contributed by atoms with E-state index in [2.05, 4.69) is 6.07 Å². The second kappa shape index (κ2) is 3.42. The first-order valence-electron chi connectivity index (χ1n) is 5.90. The highest BCUT2D eigenvalue weighted by molar-refractivity contribution is 5.47. The topological polar surface area (TPSA) is 38.7 Å². The molecule has 0 saturated carbocycles. The van der Waals surface area contributed by atoms with Crippen LogP contribution in [0, 0.1) is 5.92 Å². The van der Waals surface area contributed by atoms with E-state index in [1.54, 1.807) is 0 Å². The average Bonchev–Trinajstić information content (AvgIpc) is 2.39. The van der Waals surface area contributed by atoms with Gasteiger partial charge in [0.2, 0.25) is 0 Å². The Morgan fingerprint density at radius 3 is 2.47 bits per heavy atom. The van der Waals surface area contributed by atoms with Gasteiger partial charge in [0.15, 0.2) is 5.60 Å². The maximum absolute atomic E-state index is 9.42. The van der Waals surface area contributed by atoms with Crippen molar-refractivity contribution in [1.82, 2.24) is 0 Å². The van der Waals surface area contributed by atoms with Crippen LogP contribution >= 0.6 is 0 Å². The third-order valence-corrected chi connectivity index (χ3v) is 3.89. The van der Waals surface area contributed by atoms with Crippen molar-refractivity contribution in [3.05, 3.63) is 47.5 Å². The van der Waals surface area contributed by atoms with Crippen LogP contribution in [-0.2, 0) is 21.0 Å². The summed E-state index contributed by atoms with van der Waals surface area (Å²) < 4.78 is 0. The molecule has 0 fully saturated rings. The first kappa shape index (κ1) is 11.0. The van der Waals surface area contributed by atoms with Gasteiger partial charge in [0.25, 0.3) is 0 Å². The largest absolute Gasteiger partial charge is 0.396 e. The van der Waals surface area contributed by atoms with Gasteiger partial charge in [0, 0.05) is 12.5 Å². The summed E-state index contributed by atoms with van der Waals surface area (Å²) in [6, 6.07) is 8.09. The summed E-state index contributed by atoms with van der Waals surface area (Å²) in [5, 5.41) is 9.42. The van der Waals surface area contributed by atoms with Crippen molar-refractivity contribution in [3.63, 3.8) is 0 Å². The minimum atomic E-state index is -0.650. The van der Waals surface area contributed by atoms with Crippen LogP contribution in [0.2, 0.25) is 0 Å². The summed E-state index contributed by atoms with van der Waals surface area (Å²) in [5.74, 6) is -0.0512. The minimum Gasteiger partial charge on any atom is -0.396 e. The number of benzene rings is 1. The monoisotopic (exact) mass is 232 g/mol. The second-order valence-electron chi connectivity index (χ2n) is 5.03. The molecule has 2 heterocycles. The molecule has 17 heavy (non-hydrogen) atoms. The zero-order chi connectivity index (χ0) is 12.1. The second-order valence-corrected chi connectivity index (χ2v) is 5.03. The predicted octanol–water partition coefficient (Wildman–Crippen LogP) is 2.26. The molecule has 0 amide bonds. The Hall–Kier alpha value is -1.16. The third kappa shape index (κ3) is 1.27. The lowest BCUT2D eigenvalue weighted by Crippen LogP contribution is -2.49. The molecule has 3 nitrogen and oxygen atoms in total. The number of hydrogen-bond acceptors (Lipinski definition) is 3. The lowest BCUT2D eigenvalue weighted by molar-refractivity contribution is -0.428. The van der Waals surface area contributed by atoms with E-state index in [1.807, 2.05) is 44.2 Å². The fourth-order valence-electron chi connectivity index (χ4n) is 2.67. The van der Waals surface area contributed by atoms with Crippen molar-refractivity contribution in [3.8, 4) is 0 Å². The van der Waals surface area contributed by atoms with Gasteiger partial charge in [-0.1, -0.05) is 31.2 Å². The normalized spacial score (nSPS) is 35.7. The Balaban J connectivity index is 2.23. The van der Waals surface area contributed by atoms with Gasteiger partial charge in [-0.05, 0) is 30.2 Å². The van der Waals surface area contributed by atoms with Crippen molar-refractivity contribution in [1.29, 1.82) is 0 Å². The van der Waals surface area contributed by atoms with E-state index < -0.39 is 11.2 Å². The van der Waals surface area contributed by atoms with Crippen LogP contribution in [0.5, 0.6) is 0 Å². The first-order valence-corrected chi connectivity index (χ1v) is 5.90. The predicted molar refractivity (Wildman–Crippen MR) is 63.0 cm³/mol. The highest BCUT2D eigenvalue weighted by atomic mass is 17.2. The summed E-state index contributed by atoms with van der Waals surface area (Å²) in [6.07, 6.45) is 4.03. The van der Waals surface area contributed by atoms with Gasteiger partial charge in [-0.3, -0.25) is 0 Å². The van der Waals surface area contributed by atoms with Crippen molar-refractivity contribution >= 4 is 0 Å². The zero-order valence-electron chi connectivity index (χ0n) is 10.0. The van der Waals surface area contributed by atoms with Gasteiger partial charge < -0.3 is 5.11 Å². The summed E-state index contributed by atoms with van der Waals surface area (Å²) in [7, 11) is 0. The van der Waals surface area contributed by atoms with Gasteiger partial charge in [-0.25, -0.2) is 9.78 Å². The van der Waals surface area contributed by atoms with Crippen LogP contribution in [-0.4, -0.2) is 11.7 Å². The molecular formula is C14H16O3. The van der Waals surface area contributed by atoms with E-state index in [4.69, 9.17) is 9.78 Å². The molecule has 1 aliphatic carbocycles. The molecule has 2 aliphatic heterocycles. The maximum atomic E-state index is 9.42. The fraction of sp³-hybridized carbons (Fsp3) is 0.429. The third-order valence-electron chi connectivity index (χ3n) is 3.89. The highest BCUT2D eigenvalue weighted by Crippen LogP contribution is 2.51. The Bertz CT molecular complexity index is 482. The number of hydrogen-bond donors (Lipinski definition) is 1. The van der Waals surface area contributed by atoms with Gasteiger partial charge in [0.05, 0.1) is 0 Å². The van der Waals surface area contributed by atoms with Crippen LogP contribution in [0.4, 0.5) is 0 Å². The maximum Gasteiger partial charge on any atom is 0.152 e. The van der Waals surface area contributed by atoms with Gasteiger partial charge in [-0.2, -0.15) is 0 Å². The van der Waals surface area contributed by atoms with Crippen LogP contribution < -0.4 is 0 Å². The zero-order valence-corrected chi connectivity index (χ0v) is 10.0. The van der Waals surface area contributed by atoms with Crippen LogP contribution in [0.15, 0.2) is 36.4 Å². The van der Waals surface area contributed by atoms with E-state index in [0.29, 0.717) is 0 Å². The molecule has 0 unspecified atom stereocenters. The molecule has 0 spiro atoms. The molecule has 1 N–H and O–H groups in total. The van der Waals surface area contributed by atoms with Crippen LogP contribution in [0.1, 0.15) is 25.0 Å². The van der Waals surface area contributed by atoms with E-state index in [1.165, 1.54) is 0 Å². The van der Waals surface area contributed by atoms with E-state index in [9.17, 15) is 5.11 Å². The van der Waals surface area contributed by atoms with E-state index in [-0.39, 0.29) is 12.5 Å². The highest BCUT2D eigenvalue weighted by Gasteiger charge is 2.52. The first-order chi connectivity index (χ1) is 8.12. The smallest absolute Gasteiger partial charge is 0.152 e. The number of rotatable bonds is 2. The Kier molecular flexibility index (Phi) is 2.20. The molecule has 1 aromatic rings. The summed E-state index contributed by atoms with van der Waals surface area (Å²) in [4.78, 5) is 11.1. The molecule has 0 saturated heterocycles. The molecule has 0 radical (unpaired) electrons. The van der Waals surface area contributed by atoms with Gasteiger partial charge >= 0.3 is 0 Å². The van der Waals surface area contributed by atoms with Crippen LogP contribution in [0.25, 0.3) is 0 Å². The minimum absolute atomic E-state index is 0.0512. The summed E-state index contributed by atoms with van der Waals surface area (Å²) >= 11 is 0. The molecule has 3 heteroatoms. The van der Waals surface area contributed by atoms with Crippen LogP contribution in [0.3, 0.4) is 0 Å². The standard InChI is InChI=1S/C14H16O3/c1-10(9-15)14-8-7-13(2,16-17-14)11-5-3-4-6-12(11)14/h3-8,10,15H,9H2,1-2H3/t10-,13+,14+/m0/s1. The fourth-order valence-corrected chi connectivity index (χ4v) is 2.67. The number of fused-ring (bicyclic) bond motifs is 1. The van der Waals surface area contributed by atoms with Crippen molar-refractivity contribution in [2.45, 2.75) is 25.0 Å². The molecule has 90 valence electrons. The molecular weight excluding hydrogens is 216 g/mol. The van der Waals surface area contributed by atoms with Crippen molar-refractivity contribution in [2.75, 3.05) is 6.61 Å².